The molecule has 202 valence electrons. The van der Waals surface area contributed by atoms with Gasteiger partial charge in [-0.15, -0.1) is 0 Å². The van der Waals surface area contributed by atoms with E-state index >= 15 is 0 Å². The largest absolute Gasteiger partial charge is 0.591 e. The maximum absolute atomic E-state index is 11.5. The highest BCUT2D eigenvalue weighted by Gasteiger charge is 2.36. The Morgan fingerprint density at radius 1 is 0.676 bits per heavy atom. The van der Waals surface area contributed by atoms with Crippen LogP contribution in [-0.2, 0) is 4.57 Å². The molecule has 0 saturated carbocycles. The molecule has 0 heterocycles. The van der Waals surface area contributed by atoms with Crippen LogP contribution in [0.25, 0.3) is 0 Å². The van der Waals surface area contributed by atoms with E-state index in [-0.39, 0.29) is 5.78 Å². The Hall–Kier alpha value is -0.240. The van der Waals surface area contributed by atoms with Crippen LogP contribution in [-0.4, -0.2) is 31.4 Å². The Morgan fingerprint density at radius 2 is 1.03 bits per heavy atom. The third-order valence-electron chi connectivity index (χ3n) is 7.16. The van der Waals surface area contributed by atoms with Crippen LogP contribution in [0.2, 0.25) is 0 Å². The second kappa shape index (κ2) is 23.2. The van der Waals surface area contributed by atoms with Gasteiger partial charge in [-0.1, -0.05) is 146 Å². The Bertz CT molecular complexity index is 487. The summed E-state index contributed by atoms with van der Waals surface area (Å²) in [5.74, 6) is 0.0140. The molecule has 0 spiro atoms. The van der Waals surface area contributed by atoms with Gasteiger partial charge in [0, 0.05) is 0 Å². The van der Waals surface area contributed by atoms with Crippen LogP contribution in [0, 0.1) is 5.92 Å². The van der Waals surface area contributed by atoms with Gasteiger partial charge < -0.3 is 4.89 Å². The lowest BCUT2D eigenvalue weighted by Crippen LogP contribution is -2.44. The fourth-order valence-electron chi connectivity index (χ4n) is 4.77. The highest BCUT2D eigenvalue weighted by atomic mass is 31.1. The maximum atomic E-state index is 11.5. The van der Waals surface area contributed by atoms with Crippen LogP contribution in [0.15, 0.2) is 12.2 Å². The molecule has 34 heavy (non-hydrogen) atoms. The minimum Gasteiger partial charge on any atom is -0.591 e. The average molecular weight is 499 g/mol. The van der Waals surface area contributed by atoms with Crippen molar-refractivity contribution in [2.45, 2.75) is 154 Å². The minimum atomic E-state index is -2.39. The number of nitrogens with zero attached hydrogens (tertiary/aromatic N) is 1. The number of unbranched alkanes of at least 4 members (excludes halogenated alkanes) is 19. The quantitative estimate of drug-likeness (QED) is 0.0544. The van der Waals surface area contributed by atoms with E-state index in [2.05, 4.69) is 26.0 Å². The van der Waals surface area contributed by atoms with Crippen LogP contribution >= 0.6 is 8.03 Å². The minimum absolute atomic E-state index is 0.301. The van der Waals surface area contributed by atoms with Crippen LogP contribution in [0.1, 0.15) is 149 Å². The van der Waals surface area contributed by atoms with Crippen molar-refractivity contribution in [3.8, 4) is 0 Å². The van der Waals surface area contributed by atoms with Crippen molar-refractivity contribution in [2.75, 3.05) is 21.1 Å². The first-order valence-electron chi connectivity index (χ1n) is 14.9. The molecule has 0 bridgehead atoms. The molecule has 0 aliphatic carbocycles. The summed E-state index contributed by atoms with van der Waals surface area (Å²) in [4.78, 5) is 11.5. The van der Waals surface area contributed by atoms with Crippen molar-refractivity contribution in [3.63, 3.8) is 0 Å². The first kappa shape index (κ1) is 33.8. The van der Waals surface area contributed by atoms with Crippen molar-refractivity contribution in [2.24, 2.45) is 5.92 Å². The summed E-state index contributed by atoms with van der Waals surface area (Å²) < 4.78 is 12.0. The number of hydrogen-bond donors (Lipinski definition) is 0. The third kappa shape index (κ3) is 22.2. The van der Waals surface area contributed by atoms with Gasteiger partial charge in [0.2, 0.25) is 0 Å². The van der Waals surface area contributed by atoms with Crippen molar-refractivity contribution in [1.82, 2.24) is 0 Å². The van der Waals surface area contributed by atoms with Gasteiger partial charge in [-0.05, 0) is 18.8 Å². The Morgan fingerprint density at radius 3 is 1.35 bits per heavy atom. The second-order valence-corrected chi connectivity index (χ2v) is 12.8. The molecule has 3 unspecified atom stereocenters. The number of allylic oxidation sites excluding steroid dienone is 2. The molecule has 0 aromatic heterocycles. The maximum Gasteiger partial charge on any atom is 0.373 e. The van der Waals surface area contributed by atoms with Crippen LogP contribution in [0.5, 0.6) is 0 Å². The number of quaternary nitrogens is 1. The Kier molecular flexibility index (Phi) is 23.0. The topological polar surface area (TPSA) is 40.1 Å². The standard InChI is InChI=1S/C30H61NO2P/c1-6-7-8-9-10-11-12-13-14-15-16-17-18-19-20-21-22-23-24-25-26-27-29(2)28-30(34(32)33)31(3,4)5/h26-27,29-30H,6-25,28H2,1-5H3/q+1/b27-26-. The van der Waals surface area contributed by atoms with Crippen LogP contribution in [0.3, 0.4) is 0 Å². The fourth-order valence-corrected chi connectivity index (χ4v) is 5.84. The third-order valence-corrected chi connectivity index (χ3v) is 8.55. The van der Waals surface area contributed by atoms with Crippen molar-refractivity contribution < 1.29 is 13.9 Å². The van der Waals surface area contributed by atoms with E-state index in [9.17, 15) is 9.46 Å². The molecule has 0 fully saturated rings. The summed E-state index contributed by atoms with van der Waals surface area (Å²) in [6, 6.07) is 0. The first-order chi connectivity index (χ1) is 16.3. The molecule has 0 aliphatic heterocycles. The lowest BCUT2D eigenvalue weighted by molar-refractivity contribution is -0.883. The van der Waals surface area contributed by atoms with E-state index in [0.717, 1.165) is 6.42 Å². The Balaban J connectivity index is 3.40. The molecule has 3 nitrogen and oxygen atoms in total. The molecular weight excluding hydrogens is 437 g/mol. The SMILES string of the molecule is CCCCCCCCCCCCCCCCCCCCC/C=C\C(C)CC([P+](=O)[O-])[N+](C)(C)C. The van der Waals surface area contributed by atoms with E-state index in [0.29, 0.717) is 16.8 Å². The van der Waals surface area contributed by atoms with Gasteiger partial charge in [0.1, 0.15) is 0 Å². The smallest absolute Gasteiger partial charge is 0.373 e. The molecule has 3 atom stereocenters. The lowest BCUT2D eigenvalue weighted by Gasteiger charge is -2.28. The van der Waals surface area contributed by atoms with Crippen molar-refractivity contribution in [3.05, 3.63) is 12.2 Å². The van der Waals surface area contributed by atoms with E-state index in [1.54, 1.807) is 0 Å². The summed E-state index contributed by atoms with van der Waals surface area (Å²) >= 11 is 0. The zero-order valence-electron chi connectivity index (χ0n) is 23.9. The highest BCUT2D eigenvalue weighted by molar-refractivity contribution is 7.37. The predicted molar refractivity (Wildman–Crippen MR) is 150 cm³/mol. The van der Waals surface area contributed by atoms with Gasteiger partial charge >= 0.3 is 8.03 Å². The summed E-state index contributed by atoms with van der Waals surface area (Å²) in [5.41, 5.74) is 0. The highest BCUT2D eigenvalue weighted by Crippen LogP contribution is 2.30. The van der Waals surface area contributed by atoms with Crippen molar-refractivity contribution in [1.29, 1.82) is 0 Å². The molecule has 4 heteroatoms. The molecule has 0 aromatic carbocycles. The van der Waals surface area contributed by atoms with Gasteiger partial charge in [-0.2, -0.15) is 0 Å². The normalized spacial score (nSPS) is 14.6. The monoisotopic (exact) mass is 498 g/mol. The molecule has 0 aromatic rings. The predicted octanol–water partition coefficient (Wildman–Crippen LogP) is 9.53. The van der Waals surface area contributed by atoms with E-state index in [4.69, 9.17) is 0 Å². The van der Waals surface area contributed by atoms with Crippen LogP contribution in [0.4, 0.5) is 0 Å². The molecule has 0 amide bonds. The average Bonchev–Trinajstić information content (AvgIpc) is 2.77. The lowest BCUT2D eigenvalue weighted by atomic mass is 10.0. The summed E-state index contributed by atoms with van der Waals surface area (Å²) in [6.07, 6.45) is 33.2. The summed E-state index contributed by atoms with van der Waals surface area (Å²) in [6.45, 7) is 4.42. The summed E-state index contributed by atoms with van der Waals surface area (Å²) in [7, 11) is 3.50. The number of rotatable bonds is 25. The van der Waals surface area contributed by atoms with Gasteiger partial charge in [-0.3, -0.25) is 4.48 Å². The van der Waals surface area contributed by atoms with Crippen molar-refractivity contribution >= 4 is 8.03 Å². The van der Waals surface area contributed by atoms with Gasteiger partial charge in [0.05, 0.1) is 27.6 Å². The fraction of sp³-hybridized carbons (Fsp3) is 0.933. The van der Waals surface area contributed by atoms with Gasteiger partial charge in [-0.25, -0.2) is 0 Å². The molecule has 0 N–H and O–H groups in total. The zero-order chi connectivity index (χ0) is 25.5. The summed E-state index contributed by atoms with van der Waals surface area (Å²) in [5, 5.41) is 0. The first-order valence-corrected chi connectivity index (χ1v) is 16.1. The molecule has 0 saturated heterocycles. The van der Waals surface area contributed by atoms with E-state index in [1.807, 2.05) is 21.1 Å². The molecular formula is C30H61NO2P+. The van der Waals surface area contributed by atoms with Crippen LogP contribution < -0.4 is 4.89 Å². The second-order valence-electron chi connectivity index (χ2n) is 11.7. The van der Waals surface area contributed by atoms with E-state index < -0.39 is 8.03 Å². The van der Waals surface area contributed by atoms with Gasteiger partial charge in [0.15, 0.2) is 0 Å². The van der Waals surface area contributed by atoms with E-state index in [1.165, 1.54) is 122 Å². The molecule has 0 aliphatic rings. The van der Waals surface area contributed by atoms with Gasteiger partial charge in [0.25, 0.3) is 5.78 Å². The molecule has 0 radical (unpaired) electrons. The Labute approximate surface area is 215 Å². The molecule has 0 rings (SSSR count). The zero-order valence-corrected chi connectivity index (χ0v) is 24.8. The number of hydrogen-bond acceptors (Lipinski definition) is 2.